The van der Waals surface area contributed by atoms with Gasteiger partial charge in [-0.05, 0) is 52.6 Å². The summed E-state index contributed by atoms with van der Waals surface area (Å²) in [6, 6.07) is 0. The average molecular weight is 498 g/mol. The van der Waals surface area contributed by atoms with E-state index in [1.54, 1.807) is 0 Å². The molecular weight excluding hydrogens is 453 g/mol. The molecule has 1 saturated heterocycles. The van der Waals surface area contributed by atoms with Crippen LogP contribution in [0.5, 0.6) is 0 Å². The molecule has 1 fully saturated rings. The van der Waals surface area contributed by atoms with Crippen LogP contribution in [-0.2, 0) is 4.74 Å². The number of guanidine groups is 1. The highest BCUT2D eigenvalue weighted by molar-refractivity contribution is 14.0. The number of unbranched alkanes of at least 4 members (excludes halogenated alkanes) is 1. The molecule has 0 radical (unpaired) electrons. The van der Waals surface area contributed by atoms with Crippen LogP contribution < -0.4 is 10.6 Å². The van der Waals surface area contributed by atoms with Crippen molar-refractivity contribution < 1.29 is 4.74 Å². The SMILES string of the molecule is CCNC(=NCCCCN1CCN(C)CC1)NCCC(OCC)C(C)C.I. The highest BCUT2D eigenvalue weighted by Crippen LogP contribution is 2.09. The molecule has 0 saturated carbocycles. The number of rotatable bonds is 12. The topological polar surface area (TPSA) is 52.1 Å². The van der Waals surface area contributed by atoms with E-state index in [1.807, 2.05) is 0 Å². The fourth-order valence-corrected chi connectivity index (χ4v) is 3.21. The van der Waals surface area contributed by atoms with Crippen LogP contribution in [0.15, 0.2) is 4.99 Å². The lowest BCUT2D eigenvalue weighted by Gasteiger charge is -2.32. The molecule has 0 aliphatic carbocycles. The second-order valence-corrected chi connectivity index (χ2v) is 7.57. The van der Waals surface area contributed by atoms with Gasteiger partial charge in [-0.15, -0.1) is 24.0 Å². The number of aliphatic imine (C=N–C) groups is 1. The van der Waals surface area contributed by atoms with E-state index in [1.165, 1.54) is 39.1 Å². The van der Waals surface area contributed by atoms with E-state index in [0.29, 0.717) is 12.0 Å². The Labute approximate surface area is 184 Å². The third-order valence-corrected chi connectivity index (χ3v) is 4.94. The fraction of sp³-hybridized carbons (Fsp3) is 0.950. The van der Waals surface area contributed by atoms with Crippen molar-refractivity contribution in [2.24, 2.45) is 10.9 Å². The standard InChI is InChI=1S/C20H43N5O.HI/c1-6-21-20(23-12-10-19(18(3)4)26-7-2)22-11-8-9-13-25-16-14-24(5)15-17-25;/h18-19H,6-17H2,1-5H3,(H2,21,22,23);1H. The number of halogens is 1. The minimum absolute atomic E-state index is 0. The third kappa shape index (κ3) is 12.9. The predicted molar refractivity (Wildman–Crippen MR) is 127 cm³/mol. The lowest BCUT2D eigenvalue weighted by Crippen LogP contribution is -2.44. The lowest BCUT2D eigenvalue weighted by molar-refractivity contribution is 0.0258. The Morgan fingerprint density at radius 1 is 1.07 bits per heavy atom. The molecule has 6 nitrogen and oxygen atoms in total. The number of nitrogens with one attached hydrogen (secondary N) is 2. The zero-order valence-electron chi connectivity index (χ0n) is 18.3. The van der Waals surface area contributed by atoms with Crippen molar-refractivity contribution in [2.45, 2.75) is 53.1 Å². The van der Waals surface area contributed by atoms with E-state index in [9.17, 15) is 0 Å². The minimum Gasteiger partial charge on any atom is -0.378 e. The van der Waals surface area contributed by atoms with Gasteiger partial charge in [-0.1, -0.05) is 13.8 Å². The van der Waals surface area contributed by atoms with E-state index in [2.05, 4.69) is 55.2 Å². The summed E-state index contributed by atoms with van der Waals surface area (Å²) in [7, 11) is 2.21. The quantitative estimate of drug-likeness (QED) is 0.188. The molecule has 1 aliphatic rings. The van der Waals surface area contributed by atoms with Gasteiger partial charge in [0.25, 0.3) is 0 Å². The van der Waals surface area contributed by atoms with E-state index < -0.39 is 0 Å². The Kier molecular flexibility index (Phi) is 16.7. The van der Waals surface area contributed by atoms with Crippen molar-refractivity contribution in [3.8, 4) is 0 Å². The molecule has 0 spiro atoms. The molecule has 1 aliphatic heterocycles. The number of piperazine rings is 1. The predicted octanol–water partition coefficient (Wildman–Crippen LogP) is 2.64. The van der Waals surface area contributed by atoms with Crippen molar-refractivity contribution in [3.05, 3.63) is 0 Å². The highest BCUT2D eigenvalue weighted by atomic mass is 127. The highest BCUT2D eigenvalue weighted by Gasteiger charge is 2.13. The largest absolute Gasteiger partial charge is 0.378 e. The Morgan fingerprint density at radius 3 is 2.37 bits per heavy atom. The normalized spacial score (nSPS) is 17.6. The summed E-state index contributed by atoms with van der Waals surface area (Å²) >= 11 is 0. The van der Waals surface area contributed by atoms with Gasteiger partial charge in [0.1, 0.15) is 0 Å². The summed E-state index contributed by atoms with van der Waals surface area (Å²) in [4.78, 5) is 9.71. The van der Waals surface area contributed by atoms with E-state index in [0.717, 1.165) is 45.0 Å². The molecule has 1 atom stereocenters. The molecule has 1 rings (SSSR count). The second-order valence-electron chi connectivity index (χ2n) is 7.57. The van der Waals surface area contributed by atoms with Gasteiger partial charge < -0.3 is 25.2 Å². The average Bonchev–Trinajstić information content (AvgIpc) is 2.62. The fourth-order valence-electron chi connectivity index (χ4n) is 3.21. The summed E-state index contributed by atoms with van der Waals surface area (Å²) in [6.07, 6.45) is 3.71. The van der Waals surface area contributed by atoms with Crippen LogP contribution in [0.25, 0.3) is 0 Å². The van der Waals surface area contributed by atoms with Crippen molar-refractivity contribution in [3.63, 3.8) is 0 Å². The van der Waals surface area contributed by atoms with Crippen LogP contribution in [0.1, 0.15) is 47.0 Å². The summed E-state index contributed by atoms with van der Waals surface area (Å²) in [6.45, 7) is 18.1. The van der Waals surface area contributed by atoms with Crippen molar-refractivity contribution in [1.82, 2.24) is 20.4 Å². The van der Waals surface area contributed by atoms with E-state index in [4.69, 9.17) is 9.73 Å². The molecule has 2 N–H and O–H groups in total. The van der Waals surface area contributed by atoms with Crippen molar-refractivity contribution in [2.75, 3.05) is 66.0 Å². The first-order valence-electron chi connectivity index (χ1n) is 10.6. The van der Waals surface area contributed by atoms with Gasteiger partial charge in [0.2, 0.25) is 0 Å². The summed E-state index contributed by atoms with van der Waals surface area (Å²) in [5.74, 6) is 1.48. The summed E-state index contributed by atoms with van der Waals surface area (Å²) in [5, 5.41) is 6.80. The summed E-state index contributed by atoms with van der Waals surface area (Å²) < 4.78 is 5.81. The second kappa shape index (κ2) is 16.8. The van der Waals surface area contributed by atoms with Crippen LogP contribution in [-0.4, -0.2) is 87.9 Å². The van der Waals surface area contributed by atoms with E-state index >= 15 is 0 Å². The number of nitrogens with zero attached hydrogens (tertiary/aromatic N) is 3. The first kappa shape index (κ1) is 26.9. The number of hydrogen-bond acceptors (Lipinski definition) is 4. The Balaban J connectivity index is 0.00000676. The van der Waals surface area contributed by atoms with Crippen molar-refractivity contribution in [1.29, 1.82) is 0 Å². The third-order valence-electron chi connectivity index (χ3n) is 4.94. The smallest absolute Gasteiger partial charge is 0.191 e. The van der Waals surface area contributed by atoms with Gasteiger partial charge in [0.15, 0.2) is 5.96 Å². The summed E-state index contributed by atoms with van der Waals surface area (Å²) in [5.41, 5.74) is 0. The molecule has 162 valence electrons. The van der Waals surface area contributed by atoms with Crippen LogP contribution in [0.2, 0.25) is 0 Å². The Bertz CT molecular complexity index is 373. The molecule has 0 bridgehead atoms. The molecule has 7 heteroatoms. The van der Waals surface area contributed by atoms with Gasteiger partial charge in [-0.25, -0.2) is 0 Å². The first-order valence-corrected chi connectivity index (χ1v) is 10.6. The first-order chi connectivity index (χ1) is 12.6. The maximum absolute atomic E-state index is 5.81. The molecule has 0 amide bonds. The molecule has 1 unspecified atom stereocenters. The molecule has 0 aromatic rings. The Morgan fingerprint density at radius 2 is 1.78 bits per heavy atom. The molecule has 27 heavy (non-hydrogen) atoms. The lowest BCUT2D eigenvalue weighted by atomic mass is 10.0. The van der Waals surface area contributed by atoms with Crippen LogP contribution in [0.4, 0.5) is 0 Å². The van der Waals surface area contributed by atoms with Gasteiger partial charge in [0.05, 0.1) is 6.10 Å². The van der Waals surface area contributed by atoms with Crippen molar-refractivity contribution >= 4 is 29.9 Å². The maximum Gasteiger partial charge on any atom is 0.191 e. The molecule has 0 aromatic carbocycles. The minimum atomic E-state index is 0. The molecule has 0 aromatic heterocycles. The van der Waals surface area contributed by atoms with Gasteiger partial charge in [-0.2, -0.15) is 0 Å². The number of hydrogen-bond donors (Lipinski definition) is 2. The van der Waals surface area contributed by atoms with E-state index in [-0.39, 0.29) is 24.0 Å². The van der Waals surface area contributed by atoms with Crippen LogP contribution in [0.3, 0.4) is 0 Å². The van der Waals surface area contributed by atoms with Gasteiger partial charge >= 0.3 is 0 Å². The number of ether oxygens (including phenoxy) is 1. The zero-order chi connectivity index (χ0) is 19.2. The maximum atomic E-state index is 5.81. The zero-order valence-corrected chi connectivity index (χ0v) is 20.6. The molecule has 1 heterocycles. The van der Waals surface area contributed by atoms with Gasteiger partial charge in [0, 0.05) is 52.4 Å². The molecular formula is C20H44IN5O. The Hall–Kier alpha value is -0.120. The van der Waals surface area contributed by atoms with Gasteiger partial charge in [-0.3, -0.25) is 4.99 Å². The monoisotopic (exact) mass is 497 g/mol. The van der Waals surface area contributed by atoms with Crippen LogP contribution >= 0.6 is 24.0 Å². The van der Waals surface area contributed by atoms with Crippen LogP contribution in [0, 0.1) is 5.92 Å². The number of likely N-dealkylation sites (N-methyl/N-ethyl adjacent to an activating group) is 1.